The van der Waals surface area contributed by atoms with Gasteiger partial charge in [-0.1, -0.05) is 6.58 Å². The molecule has 0 aliphatic rings. The standard InChI is InChI=1S/C14H19FN2O/c1-9(2)17-14-7-12(15)5-6-13(14)16-8-10(3)11(4)18/h5-7,9,16-17H,3,8H2,1-2,4H3. The van der Waals surface area contributed by atoms with Crippen LogP contribution in [0.2, 0.25) is 0 Å². The number of Topliss-reactive ketones (excluding diaryl/α,β-unsaturated/α-hetero) is 1. The SMILES string of the molecule is C=C(CNc1ccc(F)cc1NC(C)C)C(C)=O. The van der Waals surface area contributed by atoms with Gasteiger partial charge in [0.05, 0.1) is 11.4 Å². The number of ketones is 1. The second kappa shape index (κ2) is 6.19. The van der Waals surface area contributed by atoms with Crippen molar-refractivity contribution in [1.29, 1.82) is 0 Å². The van der Waals surface area contributed by atoms with Gasteiger partial charge in [-0.25, -0.2) is 4.39 Å². The van der Waals surface area contributed by atoms with Crippen LogP contribution in [0.15, 0.2) is 30.4 Å². The predicted molar refractivity (Wildman–Crippen MR) is 73.5 cm³/mol. The number of benzene rings is 1. The van der Waals surface area contributed by atoms with E-state index in [1.165, 1.54) is 19.1 Å². The van der Waals surface area contributed by atoms with E-state index in [4.69, 9.17) is 0 Å². The van der Waals surface area contributed by atoms with Crippen molar-refractivity contribution < 1.29 is 9.18 Å². The second-order valence-electron chi connectivity index (χ2n) is 4.50. The summed E-state index contributed by atoms with van der Waals surface area (Å²) in [7, 11) is 0. The lowest BCUT2D eigenvalue weighted by atomic mass is 10.2. The highest BCUT2D eigenvalue weighted by Crippen LogP contribution is 2.23. The Balaban J connectivity index is 2.81. The molecule has 0 spiro atoms. The van der Waals surface area contributed by atoms with Crippen molar-refractivity contribution in [3.05, 3.63) is 36.2 Å². The molecule has 3 nitrogen and oxygen atoms in total. The fourth-order valence-corrected chi connectivity index (χ4v) is 1.43. The van der Waals surface area contributed by atoms with Crippen LogP contribution in [0.4, 0.5) is 15.8 Å². The molecule has 4 heteroatoms. The van der Waals surface area contributed by atoms with Crippen molar-refractivity contribution in [2.75, 3.05) is 17.2 Å². The Morgan fingerprint density at radius 3 is 2.61 bits per heavy atom. The van der Waals surface area contributed by atoms with Crippen LogP contribution in [-0.4, -0.2) is 18.4 Å². The van der Waals surface area contributed by atoms with Crippen molar-refractivity contribution >= 4 is 17.2 Å². The Bertz CT molecular complexity index is 455. The first-order valence-electron chi connectivity index (χ1n) is 5.89. The van der Waals surface area contributed by atoms with E-state index in [0.29, 0.717) is 17.8 Å². The van der Waals surface area contributed by atoms with E-state index >= 15 is 0 Å². The zero-order chi connectivity index (χ0) is 13.7. The van der Waals surface area contributed by atoms with Crippen LogP contribution in [0.25, 0.3) is 0 Å². The fraction of sp³-hybridized carbons (Fsp3) is 0.357. The van der Waals surface area contributed by atoms with Gasteiger partial charge in [0.15, 0.2) is 5.78 Å². The molecular formula is C14H19FN2O. The van der Waals surface area contributed by atoms with E-state index in [1.807, 2.05) is 13.8 Å². The summed E-state index contributed by atoms with van der Waals surface area (Å²) in [6.45, 7) is 9.45. The normalized spacial score (nSPS) is 10.3. The Kier molecular flexibility index (Phi) is 4.89. The minimum atomic E-state index is -0.297. The third kappa shape index (κ3) is 4.20. The highest BCUT2D eigenvalue weighted by Gasteiger charge is 2.07. The van der Waals surface area contributed by atoms with Gasteiger partial charge in [-0.15, -0.1) is 0 Å². The maximum absolute atomic E-state index is 13.2. The van der Waals surface area contributed by atoms with E-state index < -0.39 is 0 Å². The number of hydrogen-bond acceptors (Lipinski definition) is 3. The molecule has 0 radical (unpaired) electrons. The van der Waals surface area contributed by atoms with Gasteiger partial charge < -0.3 is 10.6 Å². The Morgan fingerprint density at radius 2 is 2.06 bits per heavy atom. The largest absolute Gasteiger partial charge is 0.381 e. The van der Waals surface area contributed by atoms with Crippen LogP contribution >= 0.6 is 0 Å². The predicted octanol–water partition coefficient (Wildman–Crippen LogP) is 3.20. The molecule has 1 rings (SSSR count). The highest BCUT2D eigenvalue weighted by atomic mass is 19.1. The maximum Gasteiger partial charge on any atom is 0.156 e. The Labute approximate surface area is 107 Å². The number of carbonyl (C=O) groups is 1. The number of rotatable bonds is 6. The minimum Gasteiger partial charge on any atom is -0.381 e. The first-order valence-corrected chi connectivity index (χ1v) is 5.89. The van der Waals surface area contributed by atoms with E-state index in [0.717, 1.165) is 5.69 Å². The molecule has 0 atom stereocenters. The van der Waals surface area contributed by atoms with Gasteiger partial charge in [-0.2, -0.15) is 0 Å². The molecule has 0 amide bonds. The third-order valence-corrected chi connectivity index (χ3v) is 2.42. The number of anilines is 2. The van der Waals surface area contributed by atoms with Gasteiger partial charge >= 0.3 is 0 Å². The number of nitrogens with one attached hydrogen (secondary N) is 2. The zero-order valence-electron chi connectivity index (χ0n) is 11.0. The summed E-state index contributed by atoms with van der Waals surface area (Å²) in [5, 5.41) is 6.23. The van der Waals surface area contributed by atoms with Gasteiger partial charge in [0.1, 0.15) is 5.82 Å². The van der Waals surface area contributed by atoms with Crippen LogP contribution in [0, 0.1) is 5.82 Å². The highest BCUT2D eigenvalue weighted by molar-refractivity contribution is 5.93. The molecule has 0 unspecified atom stereocenters. The quantitative estimate of drug-likeness (QED) is 0.762. The molecular weight excluding hydrogens is 231 g/mol. The zero-order valence-corrected chi connectivity index (χ0v) is 11.0. The van der Waals surface area contributed by atoms with Gasteiger partial charge in [-0.3, -0.25) is 4.79 Å². The molecule has 1 aromatic carbocycles. The summed E-state index contributed by atoms with van der Waals surface area (Å²) >= 11 is 0. The minimum absolute atomic E-state index is 0.0528. The van der Waals surface area contributed by atoms with Gasteiger partial charge in [-0.05, 0) is 39.0 Å². The lowest BCUT2D eigenvalue weighted by Gasteiger charge is -2.16. The molecule has 0 heterocycles. The molecule has 0 fully saturated rings. The van der Waals surface area contributed by atoms with E-state index in [9.17, 15) is 9.18 Å². The molecule has 0 aromatic heterocycles. The summed E-state index contributed by atoms with van der Waals surface area (Å²) in [5.74, 6) is -0.350. The summed E-state index contributed by atoms with van der Waals surface area (Å²) in [5.41, 5.74) is 1.93. The topological polar surface area (TPSA) is 41.1 Å². The first-order chi connectivity index (χ1) is 8.40. The monoisotopic (exact) mass is 250 g/mol. The smallest absolute Gasteiger partial charge is 0.156 e. The second-order valence-corrected chi connectivity index (χ2v) is 4.50. The lowest BCUT2D eigenvalue weighted by Crippen LogP contribution is -2.14. The third-order valence-electron chi connectivity index (χ3n) is 2.42. The van der Waals surface area contributed by atoms with Crippen LogP contribution in [0.5, 0.6) is 0 Å². The van der Waals surface area contributed by atoms with Crippen LogP contribution in [-0.2, 0) is 4.79 Å². The summed E-state index contributed by atoms with van der Waals surface area (Å²) in [4.78, 5) is 11.1. The molecule has 0 bridgehead atoms. The number of hydrogen-bond donors (Lipinski definition) is 2. The van der Waals surface area contributed by atoms with E-state index in [1.54, 1.807) is 6.07 Å². The summed E-state index contributed by atoms with van der Waals surface area (Å²) in [6, 6.07) is 4.65. The fourth-order valence-electron chi connectivity index (χ4n) is 1.43. The van der Waals surface area contributed by atoms with Crippen LogP contribution in [0.1, 0.15) is 20.8 Å². The molecule has 0 aliphatic heterocycles. The summed E-state index contributed by atoms with van der Waals surface area (Å²) < 4.78 is 13.2. The maximum atomic E-state index is 13.2. The average Bonchev–Trinajstić information content (AvgIpc) is 2.26. The Morgan fingerprint density at radius 1 is 1.39 bits per heavy atom. The van der Waals surface area contributed by atoms with Crippen molar-refractivity contribution in [3.63, 3.8) is 0 Å². The van der Waals surface area contributed by atoms with Gasteiger partial charge in [0.25, 0.3) is 0 Å². The average molecular weight is 250 g/mol. The van der Waals surface area contributed by atoms with Crippen molar-refractivity contribution in [2.24, 2.45) is 0 Å². The van der Waals surface area contributed by atoms with E-state index in [2.05, 4.69) is 17.2 Å². The number of carbonyl (C=O) groups excluding carboxylic acids is 1. The van der Waals surface area contributed by atoms with Crippen molar-refractivity contribution in [3.8, 4) is 0 Å². The van der Waals surface area contributed by atoms with Crippen molar-refractivity contribution in [2.45, 2.75) is 26.8 Å². The summed E-state index contributed by atoms with van der Waals surface area (Å²) in [6.07, 6.45) is 0. The molecule has 0 saturated heterocycles. The molecule has 18 heavy (non-hydrogen) atoms. The van der Waals surface area contributed by atoms with Crippen LogP contribution in [0.3, 0.4) is 0 Å². The van der Waals surface area contributed by atoms with Crippen LogP contribution < -0.4 is 10.6 Å². The lowest BCUT2D eigenvalue weighted by molar-refractivity contribution is -0.113. The number of halogens is 1. The van der Waals surface area contributed by atoms with Gasteiger partial charge in [0.2, 0.25) is 0 Å². The van der Waals surface area contributed by atoms with E-state index in [-0.39, 0.29) is 17.6 Å². The van der Waals surface area contributed by atoms with Gasteiger partial charge in [0, 0.05) is 18.2 Å². The molecule has 98 valence electrons. The molecule has 1 aromatic rings. The Hall–Kier alpha value is -1.84. The molecule has 0 saturated carbocycles. The first kappa shape index (κ1) is 14.2. The van der Waals surface area contributed by atoms with Crippen molar-refractivity contribution in [1.82, 2.24) is 0 Å². The molecule has 2 N–H and O–H groups in total. The molecule has 0 aliphatic carbocycles.